The van der Waals surface area contributed by atoms with Crippen molar-refractivity contribution < 1.29 is 4.42 Å². The Bertz CT molecular complexity index is 1570. The monoisotopic (exact) mass is 437 g/mol. The van der Waals surface area contributed by atoms with Crippen LogP contribution in [0.25, 0.3) is 16.9 Å². The van der Waals surface area contributed by atoms with Crippen molar-refractivity contribution in [1.29, 1.82) is 0 Å². The molecule has 5 rings (SSSR count). The summed E-state index contributed by atoms with van der Waals surface area (Å²) in [5, 5.41) is 0.506. The zero-order chi connectivity index (χ0) is 21.9. The number of hydrogen-bond acceptors (Lipinski definition) is 4. The average molecular weight is 438 g/mol. The zero-order valence-electron chi connectivity index (χ0n) is 17.3. The van der Waals surface area contributed by atoms with Crippen molar-refractivity contribution in [3.63, 3.8) is 0 Å². The van der Waals surface area contributed by atoms with E-state index < -0.39 is 11.2 Å². The third kappa shape index (κ3) is 2.86. The normalized spacial score (nSPS) is 11.7. The summed E-state index contributed by atoms with van der Waals surface area (Å²) in [5.74, 6) is 1.36. The molecule has 4 aromatic heterocycles. The van der Waals surface area contributed by atoms with Crippen LogP contribution in [0, 0.1) is 13.8 Å². The molecule has 8 nitrogen and oxygen atoms in total. The van der Waals surface area contributed by atoms with Crippen molar-refractivity contribution in [1.82, 2.24) is 23.1 Å². The number of aryl methyl sites for hydroxylation is 2. The summed E-state index contributed by atoms with van der Waals surface area (Å²) in [6.07, 6.45) is 1.62. The first kappa shape index (κ1) is 19.4. The first-order chi connectivity index (χ1) is 14.9. The number of furan rings is 1. The van der Waals surface area contributed by atoms with Gasteiger partial charge in [-0.1, -0.05) is 29.8 Å². The third-order valence-corrected chi connectivity index (χ3v) is 6.18. The number of nitrogens with zero attached hydrogens (tertiary/aromatic N) is 5. The molecule has 0 N–H and O–H groups in total. The molecule has 0 saturated heterocycles. The molecule has 1 aromatic carbocycles. The van der Waals surface area contributed by atoms with Crippen LogP contribution < -0.4 is 11.2 Å². The number of fused-ring (bicyclic) bond motifs is 3. The second kappa shape index (κ2) is 7.02. The molecule has 5 aromatic rings. The van der Waals surface area contributed by atoms with Gasteiger partial charge in [-0.15, -0.1) is 0 Å². The molecule has 0 amide bonds. The first-order valence-electron chi connectivity index (χ1n) is 9.82. The molecule has 0 spiro atoms. The molecular weight excluding hydrogens is 418 g/mol. The second-order valence-electron chi connectivity index (χ2n) is 7.58. The van der Waals surface area contributed by atoms with Crippen LogP contribution in [0.4, 0.5) is 0 Å². The highest BCUT2D eigenvalue weighted by Crippen LogP contribution is 2.22. The molecule has 0 saturated carbocycles. The van der Waals surface area contributed by atoms with Crippen LogP contribution in [0.3, 0.4) is 0 Å². The van der Waals surface area contributed by atoms with E-state index in [2.05, 4.69) is 4.98 Å². The molecule has 0 aliphatic rings. The van der Waals surface area contributed by atoms with Crippen LogP contribution in [0.2, 0.25) is 5.02 Å². The van der Waals surface area contributed by atoms with E-state index >= 15 is 0 Å². The van der Waals surface area contributed by atoms with Gasteiger partial charge in [0.15, 0.2) is 11.2 Å². The third-order valence-electron chi connectivity index (χ3n) is 5.81. The van der Waals surface area contributed by atoms with Crippen LogP contribution in [0.5, 0.6) is 0 Å². The van der Waals surface area contributed by atoms with Crippen molar-refractivity contribution in [3.05, 3.63) is 91.2 Å². The predicted molar refractivity (Wildman–Crippen MR) is 118 cm³/mol. The summed E-state index contributed by atoms with van der Waals surface area (Å²) in [6.45, 7) is 4.47. The fourth-order valence-electron chi connectivity index (χ4n) is 4.00. The molecule has 0 aliphatic carbocycles. The summed E-state index contributed by atoms with van der Waals surface area (Å²) in [4.78, 5) is 31.2. The lowest BCUT2D eigenvalue weighted by Crippen LogP contribution is -2.39. The van der Waals surface area contributed by atoms with Crippen molar-refractivity contribution in [3.8, 4) is 0 Å². The lowest BCUT2D eigenvalue weighted by Gasteiger charge is -2.09. The minimum Gasteiger partial charge on any atom is -0.467 e. The number of imidazole rings is 2. The standard InChI is InChI=1S/C22H20ClN5O3/c1-13-14(2)28-18-19(24-21(28)26(13)12-16-8-6-10-31-16)25(3)22(30)27(20(18)29)11-15-7-4-5-9-17(15)23/h4-10H,11-12H2,1-3H3. The molecule has 0 aliphatic heterocycles. The van der Waals surface area contributed by atoms with Gasteiger partial charge in [-0.3, -0.25) is 18.3 Å². The van der Waals surface area contributed by atoms with Gasteiger partial charge < -0.3 is 8.98 Å². The average Bonchev–Trinajstić information content (AvgIpc) is 3.46. The van der Waals surface area contributed by atoms with E-state index in [0.717, 1.165) is 17.1 Å². The van der Waals surface area contributed by atoms with E-state index in [0.29, 0.717) is 34.1 Å². The van der Waals surface area contributed by atoms with Crippen LogP contribution in [-0.4, -0.2) is 23.1 Å². The van der Waals surface area contributed by atoms with E-state index in [9.17, 15) is 9.59 Å². The largest absolute Gasteiger partial charge is 0.467 e. The van der Waals surface area contributed by atoms with Crippen molar-refractivity contribution >= 4 is 28.5 Å². The van der Waals surface area contributed by atoms with E-state index in [-0.39, 0.29) is 6.54 Å². The Labute approximate surface area is 181 Å². The SMILES string of the molecule is Cc1c(C)n2c3c(=O)n(Cc4ccccc4Cl)c(=O)n(C)c3nc2n1Cc1ccco1. The maximum absolute atomic E-state index is 13.5. The Balaban J connectivity index is 1.79. The first-order valence-corrected chi connectivity index (χ1v) is 10.2. The second-order valence-corrected chi connectivity index (χ2v) is 7.99. The number of halogens is 1. The minimum absolute atomic E-state index is 0.0828. The fourth-order valence-corrected chi connectivity index (χ4v) is 4.19. The van der Waals surface area contributed by atoms with Gasteiger partial charge in [0, 0.05) is 23.5 Å². The molecule has 0 fully saturated rings. The van der Waals surface area contributed by atoms with Gasteiger partial charge in [0.25, 0.3) is 5.56 Å². The number of rotatable bonds is 4. The molecule has 9 heteroatoms. The van der Waals surface area contributed by atoms with E-state index in [1.165, 1.54) is 9.13 Å². The van der Waals surface area contributed by atoms with Gasteiger partial charge >= 0.3 is 5.69 Å². The van der Waals surface area contributed by atoms with Gasteiger partial charge in [-0.2, -0.15) is 4.98 Å². The molecule has 0 unspecified atom stereocenters. The summed E-state index contributed by atoms with van der Waals surface area (Å²) in [5.41, 5.74) is 2.41. The van der Waals surface area contributed by atoms with Gasteiger partial charge in [-0.25, -0.2) is 4.79 Å². The lowest BCUT2D eigenvalue weighted by atomic mass is 10.2. The van der Waals surface area contributed by atoms with Gasteiger partial charge in [0.1, 0.15) is 5.76 Å². The molecule has 31 heavy (non-hydrogen) atoms. The zero-order valence-corrected chi connectivity index (χ0v) is 18.1. The molecule has 0 atom stereocenters. The van der Waals surface area contributed by atoms with Crippen molar-refractivity contribution in [2.75, 3.05) is 0 Å². The summed E-state index contributed by atoms with van der Waals surface area (Å²) >= 11 is 6.27. The molecule has 0 radical (unpaired) electrons. The number of benzene rings is 1. The molecule has 0 bridgehead atoms. The summed E-state index contributed by atoms with van der Waals surface area (Å²) in [6, 6.07) is 10.9. The van der Waals surface area contributed by atoms with E-state index in [1.54, 1.807) is 25.4 Å². The Morgan fingerprint density at radius 3 is 2.48 bits per heavy atom. The fraction of sp³-hybridized carbons (Fsp3) is 0.227. The van der Waals surface area contributed by atoms with Gasteiger partial charge in [0.2, 0.25) is 5.78 Å². The smallest absolute Gasteiger partial charge is 0.332 e. The van der Waals surface area contributed by atoms with Crippen LogP contribution >= 0.6 is 11.6 Å². The lowest BCUT2D eigenvalue weighted by molar-refractivity contribution is 0.494. The van der Waals surface area contributed by atoms with Crippen molar-refractivity contribution in [2.45, 2.75) is 26.9 Å². The number of hydrogen-bond donors (Lipinski definition) is 0. The molecule has 158 valence electrons. The van der Waals surface area contributed by atoms with Gasteiger partial charge in [-0.05, 0) is 37.6 Å². The quantitative estimate of drug-likeness (QED) is 0.432. The van der Waals surface area contributed by atoms with Crippen LogP contribution in [-0.2, 0) is 20.1 Å². The topological polar surface area (TPSA) is 79.4 Å². The Morgan fingerprint density at radius 1 is 1.00 bits per heavy atom. The van der Waals surface area contributed by atoms with Crippen LogP contribution in [0.15, 0.2) is 56.7 Å². The highest BCUT2D eigenvalue weighted by molar-refractivity contribution is 6.31. The maximum atomic E-state index is 13.5. The van der Waals surface area contributed by atoms with Crippen molar-refractivity contribution in [2.24, 2.45) is 7.05 Å². The Hall–Kier alpha value is -3.52. The van der Waals surface area contributed by atoms with E-state index in [4.69, 9.17) is 16.0 Å². The maximum Gasteiger partial charge on any atom is 0.332 e. The van der Waals surface area contributed by atoms with E-state index in [1.807, 2.05) is 47.1 Å². The minimum atomic E-state index is -0.440. The van der Waals surface area contributed by atoms with Gasteiger partial charge in [0.05, 0.1) is 19.4 Å². The molecule has 4 heterocycles. The molecular formula is C22H20ClN5O3. The summed E-state index contributed by atoms with van der Waals surface area (Å²) < 4.78 is 11.9. The Morgan fingerprint density at radius 2 is 1.77 bits per heavy atom. The highest BCUT2D eigenvalue weighted by Gasteiger charge is 2.23. The summed E-state index contributed by atoms with van der Waals surface area (Å²) in [7, 11) is 1.62. The number of aromatic nitrogens is 5. The highest BCUT2D eigenvalue weighted by atomic mass is 35.5. The predicted octanol–water partition coefficient (Wildman–Crippen LogP) is 3.11. The Kier molecular flexibility index (Phi) is 4.40. The van der Waals surface area contributed by atoms with Crippen LogP contribution in [0.1, 0.15) is 22.7 Å².